The maximum Gasteiger partial charge on any atom is 0.213 e. The molecule has 2 unspecified atom stereocenters. The van der Waals surface area contributed by atoms with E-state index in [1.54, 1.807) is 12.0 Å². The number of carbonyl (C=O) groups excluding carboxylic acids is 1. The first kappa shape index (κ1) is 12.6. The number of pyridine rings is 1. The van der Waals surface area contributed by atoms with Crippen molar-refractivity contribution in [2.75, 3.05) is 14.2 Å². The molecule has 94 valence electrons. The molecule has 18 heavy (non-hydrogen) atoms. The Balaban J connectivity index is 2.61. The lowest BCUT2D eigenvalue weighted by Gasteiger charge is -2.29. The summed E-state index contributed by atoms with van der Waals surface area (Å²) < 4.78 is 10.2. The molecule has 2 rings (SSSR count). The second-order valence-corrected chi connectivity index (χ2v) is 3.94. The van der Waals surface area contributed by atoms with Crippen LogP contribution in [0.2, 0.25) is 0 Å². The molecule has 0 spiro atoms. The van der Waals surface area contributed by atoms with Crippen LogP contribution in [0.3, 0.4) is 0 Å². The lowest BCUT2D eigenvalue weighted by Crippen LogP contribution is -2.26. The molecule has 0 radical (unpaired) electrons. The number of hydrogen-bond donors (Lipinski definition) is 1. The molecule has 0 saturated heterocycles. The molecule has 1 aromatic heterocycles. The topological polar surface area (TPSA) is 68.7 Å². The highest BCUT2D eigenvalue weighted by atomic mass is 16.5. The fourth-order valence-electron chi connectivity index (χ4n) is 2.07. The Bertz CT molecular complexity index is 542. The third kappa shape index (κ3) is 2.08. The normalized spacial score (nSPS) is 21.8. The van der Waals surface area contributed by atoms with Gasteiger partial charge in [0.2, 0.25) is 5.88 Å². The minimum atomic E-state index is -0.777. The first-order valence-electron chi connectivity index (χ1n) is 5.45. The van der Waals surface area contributed by atoms with Crippen LogP contribution in [0.25, 0.3) is 5.57 Å². The van der Waals surface area contributed by atoms with Gasteiger partial charge in [-0.05, 0) is 11.3 Å². The van der Waals surface area contributed by atoms with Crippen molar-refractivity contribution in [3.63, 3.8) is 0 Å². The van der Waals surface area contributed by atoms with Gasteiger partial charge in [0, 0.05) is 36.9 Å². The molecule has 1 aliphatic rings. The predicted molar refractivity (Wildman–Crippen MR) is 63.8 cm³/mol. The monoisotopic (exact) mass is 247 g/mol. The van der Waals surface area contributed by atoms with Crippen LogP contribution in [-0.4, -0.2) is 36.4 Å². The van der Waals surface area contributed by atoms with E-state index in [9.17, 15) is 9.90 Å². The number of nitrogens with zero attached hydrogens (tertiary/aromatic N) is 1. The largest absolute Gasteiger partial charge is 0.481 e. The predicted octanol–water partition coefficient (Wildman–Crippen LogP) is 0.912. The van der Waals surface area contributed by atoms with Crippen LogP contribution in [0.4, 0.5) is 0 Å². The van der Waals surface area contributed by atoms with E-state index in [1.165, 1.54) is 20.4 Å². The summed E-state index contributed by atoms with van der Waals surface area (Å²) in [6.07, 6.45) is 0.730. The van der Waals surface area contributed by atoms with E-state index in [0.29, 0.717) is 29.0 Å². The standard InChI is InChI=1S/C13H13NO4/c1-17-11-5-8(3-4-15)9-6-12(18-2)14-7-10(9)13(11)16/h6-7,11,13,16H,5H2,1-2H3. The molecule has 0 aliphatic heterocycles. The number of aromatic nitrogens is 1. The SMILES string of the molecule is COc1cc2c(cn1)C(O)C(OC)CC2=C=C=O. The molecule has 5 heteroatoms. The summed E-state index contributed by atoms with van der Waals surface area (Å²) >= 11 is 0. The van der Waals surface area contributed by atoms with Gasteiger partial charge in [-0.1, -0.05) is 0 Å². The highest BCUT2D eigenvalue weighted by molar-refractivity contribution is 5.75. The summed E-state index contributed by atoms with van der Waals surface area (Å²) in [4.78, 5) is 14.6. The van der Waals surface area contributed by atoms with E-state index in [1.807, 2.05) is 0 Å². The first-order chi connectivity index (χ1) is 8.71. The minimum Gasteiger partial charge on any atom is -0.481 e. The smallest absolute Gasteiger partial charge is 0.213 e. The van der Waals surface area contributed by atoms with Gasteiger partial charge in [0.1, 0.15) is 6.10 Å². The van der Waals surface area contributed by atoms with Crippen molar-refractivity contribution in [2.45, 2.75) is 18.6 Å². The minimum absolute atomic E-state index is 0.396. The molecule has 0 bridgehead atoms. The van der Waals surface area contributed by atoms with Crippen LogP contribution < -0.4 is 4.74 Å². The third-order valence-electron chi connectivity index (χ3n) is 3.02. The molecule has 2 atom stereocenters. The Morgan fingerprint density at radius 3 is 2.89 bits per heavy atom. The second kappa shape index (κ2) is 5.17. The molecule has 1 aromatic rings. The van der Waals surface area contributed by atoms with Gasteiger partial charge in [0.15, 0.2) is 5.94 Å². The zero-order valence-electron chi connectivity index (χ0n) is 10.1. The van der Waals surface area contributed by atoms with Crippen molar-refractivity contribution >= 4 is 11.5 Å². The molecule has 5 nitrogen and oxygen atoms in total. The Kier molecular flexibility index (Phi) is 3.60. The molecule has 0 fully saturated rings. The van der Waals surface area contributed by atoms with E-state index in [4.69, 9.17) is 9.47 Å². The number of fused-ring (bicyclic) bond motifs is 1. The maximum atomic E-state index is 10.5. The fourth-order valence-corrected chi connectivity index (χ4v) is 2.07. The summed E-state index contributed by atoms with van der Waals surface area (Å²) in [5, 5.41) is 10.1. The van der Waals surface area contributed by atoms with Crippen LogP contribution in [0.15, 0.2) is 18.0 Å². The van der Waals surface area contributed by atoms with Crippen LogP contribution in [0.5, 0.6) is 5.88 Å². The molecule has 0 amide bonds. The van der Waals surface area contributed by atoms with Gasteiger partial charge in [-0.2, -0.15) is 0 Å². The van der Waals surface area contributed by atoms with E-state index in [2.05, 4.69) is 10.7 Å². The van der Waals surface area contributed by atoms with Gasteiger partial charge < -0.3 is 14.6 Å². The third-order valence-corrected chi connectivity index (χ3v) is 3.02. The van der Waals surface area contributed by atoms with E-state index in [-0.39, 0.29) is 0 Å². The van der Waals surface area contributed by atoms with Crippen molar-refractivity contribution in [1.82, 2.24) is 4.98 Å². The summed E-state index contributed by atoms with van der Waals surface area (Å²) in [5.41, 5.74) is 4.45. The molecular formula is C13H13NO4. The van der Waals surface area contributed by atoms with E-state index < -0.39 is 12.2 Å². The van der Waals surface area contributed by atoms with Crippen LogP contribution in [0, 0.1) is 0 Å². The second-order valence-electron chi connectivity index (χ2n) is 3.94. The molecule has 1 N–H and O–H groups in total. The molecular weight excluding hydrogens is 234 g/mol. The van der Waals surface area contributed by atoms with Crippen molar-refractivity contribution in [2.24, 2.45) is 0 Å². The lowest BCUT2D eigenvalue weighted by atomic mass is 9.85. The molecule has 1 aliphatic carbocycles. The van der Waals surface area contributed by atoms with Gasteiger partial charge in [-0.15, -0.1) is 0 Å². The van der Waals surface area contributed by atoms with Gasteiger partial charge >= 0.3 is 0 Å². The van der Waals surface area contributed by atoms with Crippen molar-refractivity contribution in [3.05, 3.63) is 29.1 Å². The van der Waals surface area contributed by atoms with Crippen molar-refractivity contribution < 1.29 is 19.4 Å². The zero-order valence-corrected chi connectivity index (χ0v) is 10.1. The Morgan fingerprint density at radius 1 is 1.50 bits per heavy atom. The fraction of sp³-hybridized carbons (Fsp3) is 0.385. The van der Waals surface area contributed by atoms with Crippen LogP contribution in [0.1, 0.15) is 23.7 Å². The van der Waals surface area contributed by atoms with E-state index >= 15 is 0 Å². The number of aliphatic hydroxyl groups excluding tert-OH is 1. The Hall–Kier alpha value is -1.90. The number of rotatable bonds is 2. The van der Waals surface area contributed by atoms with Gasteiger partial charge in [-0.25, -0.2) is 9.78 Å². The number of methoxy groups -OCH3 is 2. The zero-order chi connectivity index (χ0) is 13.1. The average Bonchev–Trinajstić information content (AvgIpc) is 2.41. The first-order valence-corrected chi connectivity index (χ1v) is 5.45. The maximum absolute atomic E-state index is 10.5. The van der Waals surface area contributed by atoms with Gasteiger partial charge in [-0.3, -0.25) is 0 Å². The average molecular weight is 247 g/mol. The summed E-state index contributed by atoms with van der Waals surface area (Å²) in [7, 11) is 3.02. The number of aliphatic hydroxyl groups is 1. The summed E-state index contributed by atoms with van der Waals surface area (Å²) in [6, 6.07) is 1.67. The van der Waals surface area contributed by atoms with Crippen molar-refractivity contribution in [1.29, 1.82) is 0 Å². The molecule has 0 aromatic carbocycles. The Labute approximate surface area is 104 Å². The number of ether oxygens (including phenoxy) is 2. The Morgan fingerprint density at radius 2 is 2.28 bits per heavy atom. The lowest BCUT2D eigenvalue weighted by molar-refractivity contribution is -0.0130. The van der Waals surface area contributed by atoms with Crippen molar-refractivity contribution in [3.8, 4) is 5.88 Å². The summed E-state index contributed by atoms with van der Waals surface area (Å²) in [5.74, 6) is 2.06. The van der Waals surface area contributed by atoms with Crippen LogP contribution >= 0.6 is 0 Å². The quantitative estimate of drug-likeness (QED) is 0.621. The molecule has 1 heterocycles. The highest BCUT2D eigenvalue weighted by Gasteiger charge is 2.31. The van der Waals surface area contributed by atoms with E-state index in [0.717, 1.165) is 0 Å². The highest BCUT2D eigenvalue weighted by Crippen LogP contribution is 2.38. The van der Waals surface area contributed by atoms with Crippen LogP contribution in [-0.2, 0) is 9.53 Å². The van der Waals surface area contributed by atoms with Gasteiger partial charge in [0.05, 0.1) is 13.2 Å². The number of hydrogen-bond acceptors (Lipinski definition) is 5. The van der Waals surface area contributed by atoms with Gasteiger partial charge in [0.25, 0.3) is 0 Å². The summed E-state index contributed by atoms with van der Waals surface area (Å²) in [6.45, 7) is 0. The molecule has 0 saturated carbocycles.